The Kier molecular flexibility index (Phi) is 6.61. The third kappa shape index (κ3) is 4.36. The maximum Gasteiger partial charge on any atom is 0.290 e. The minimum atomic E-state index is -4.16. The highest BCUT2D eigenvalue weighted by atomic mass is 32.2. The van der Waals surface area contributed by atoms with E-state index in [-0.39, 0.29) is 16.3 Å². The first-order chi connectivity index (χ1) is 16.4. The van der Waals surface area contributed by atoms with Crippen LogP contribution in [0.25, 0.3) is 0 Å². The molecule has 4 rings (SSSR count). The lowest BCUT2D eigenvalue weighted by atomic mass is 10.1. The fourth-order valence-electron chi connectivity index (χ4n) is 3.97. The smallest absolute Gasteiger partial charge is 0.290 e. The van der Waals surface area contributed by atoms with Crippen LogP contribution in [0.5, 0.6) is 11.5 Å². The van der Waals surface area contributed by atoms with Gasteiger partial charge in [0, 0.05) is 6.54 Å². The second kappa shape index (κ2) is 9.61. The zero-order valence-electron chi connectivity index (χ0n) is 18.8. The van der Waals surface area contributed by atoms with E-state index < -0.39 is 27.5 Å². The first-order valence-corrected chi connectivity index (χ1v) is 12.2. The molecule has 1 N–H and O–H groups in total. The van der Waals surface area contributed by atoms with Crippen LogP contribution in [0, 0.1) is 0 Å². The first-order valence-electron chi connectivity index (χ1n) is 10.8. The highest BCUT2D eigenvalue weighted by Crippen LogP contribution is 2.43. The molecule has 3 aromatic carbocycles. The van der Waals surface area contributed by atoms with Crippen molar-refractivity contribution in [1.82, 2.24) is 4.90 Å². The number of aliphatic hydroxyl groups excluding tert-OH is 1. The Bertz CT molecular complexity index is 1300. The molecule has 0 spiro atoms. The highest BCUT2D eigenvalue weighted by molar-refractivity contribution is 7.95. The van der Waals surface area contributed by atoms with Crippen LogP contribution in [0.4, 0.5) is 0 Å². The Morgan fingerprint density at radius 1 is 0.912 bits per heavy atom. The van der Waals surface area contributed by atoms with Gasteiger partial charge in [0.2, 0.25) is 9.84 Å². The number of methoxy groups -OCH3 is 1. The van der Waals surface area contributed by atoms with Gasteiger partial charge in [-0.1, -0.05) is 42.5 Å². The summed E-state index contributed by atoms with van der Waals surface area (Å²) >= 11 is 0. The number of nitrogens with zero attached hydrogens (tertiary/aromatic N) is 1. The molecule has 0 saturated carbocycles. The molecule has 1 aliphatic heterocycles. The van der Waals surface area contributed by atoms with Gasteiger partial charge in [-0.2, -0.15) is 0 Å². The highest BCUT2D eigenvalue weighted by Gasteiger charge is 2.46. The molecule has 1 aliphatic rings. The van der Waals surface area contributed by atoms with Crippen molar-refractivity contribution in [2.24, 2.45) is 0 Å². The van der Waals surface area contributed by atoms with Gasteiger partial charge in [-0.15, -0.1) is 0 Å². The van der Waals surface area contributed by atoms with Crippen molar-refractivity contribution in [3.8, 4) is 11.5 Å². The first kappa shape index (κ1) is 23.4. The Morgan fingerprint density at radius 2 is 1.53 bits per heavy atom. The van der Waals surface area contributed by atoms with Crippen molar-refractivity contribution in [3.63, 3.8) is 0 Å². The second-order valence-electron chi connectivity index (χ2n) is 7.72. The maximum absolute atomic E-state index is 13.6. The molecule has 0 aliphatic carbocycles. The van der Waals surface area contributed by atoms with E-state index >= 15 is 0 Å². The number of rotatable bonds is 8. The molecular weight excluding hydrogens is 454 g/mol. The van der Waals surface area contributed by atoms with Crippen LogP contribution in [0.15, 0.2) is 94.4 Å². The molecule has 0 saturated heterocycles. The fourth-order valence-corrected chi connectivity index (χ4v) is 5.63. The summed E-state index contributed by atoms with van der Waals surface area (Å²) in [6.45, 7) is 2.45. The number of sulfone groups is 1. The molecular formula is C26H25NO6S. The van der Waals surface area contributed by atoms with E-state index in [1.807, 2.05) is 6.92 Å². The second-order valence-corrected chi connectivity index (χ2v) is 9.63. The molecule has 34 heavy (non-hydrogen) atoms. The minimum absolute atomic E-state index is 0.00610. The van der Waals surface area contributed by atoms with E-state index in [9.17, 15) is 18.3 Å². The molecule has 8 heteroatoms. The lowest BCUT2D eigenvalue weighted by Crippen LogP contribution is -2.30. The summed E-state index contributed by atoms with van der Waals surface area (Å²) in [6, 6.07) is 20.8. The number of ether oxygens (including phenoxy) is 2. The molecule has 0 radical (unpaired) electrons. The summed E-state index contributed by atoms with van der Waals surface area (Å²) in [7, 11) is -2.60. The number of amides is 1. The zero-order valence-corrected chi connectivity index (χ0v) is 19.7. The maximum atomic E-state index is 13.6. The van der Waals surface area contributed by atoms with Gasteiger partial charge in [-0.3, -0.25) is 4.79 Å². The van der Waals surface area contributed by atoms with Gasteiger partial charge in [-0.05, 0) is 54.4 Å². The normalized spacial score (nSPS) is 16.1. The summed E-state index contributed by atoms with van der Waals surface area (Å²) in [5, 5.41) is 10.8. The largest absolute Gasteiger partial charge is 0.502 e. The number of hydrogen-bond acceptors (Lipinski definition) is 6. The molecule has 0 bridgehead atoms. The summed E-state index contributed by atoms with van der Waals surface area (Å²) in [6.07, 6.45) is 0. The molecule has 1 unspecified atom stereocenters. The van der Waals surface area contributed by atoms with Crippen molar-refractivity contribution in [1.29, 1.82) is 0 Å². The molecule has 3 aromatic rings. The van der Waals surface area contributed by atoms with Gasteiger partial charge in [0.15, 0.2) is 5.76 Å². The van der Waals surface area contributed by atoms with Gasteiger partial charge < -0.3 is 19.5 Å². The summed E-state index contributed by atoms with van der Waals surface area (Å²) < 4.78 is 37.9. The molecule has 1 atom stereocenters. The molecule has 7 nitrogen and oxygen atoms in total. The number of benzene rings is 3. The van der Waals surface area contributed by atoms with Crippen LogP contribution in [0.1, 0.15) is 24.1 Å². The topological polar surface area (TPSA) is 93.1 Å². The van der Waals surface area contributed by atoms with Crippen LogP contribution in [-0.4, -0.2) is 38.0 Å². The number of carbonyl (C=O) groups excluding carboxylic acids is 1. The van der Waals surface area contributed by atoms with E-state index in [1.54, 1.807) is 73.8 Å². The summed E-state index contributed by atoms with van der Waals surface area (Å²) in [5.41, 5.74) is 1.31. The Labute approximate surface area is 198 Å². The SMILES string of the molecule is CCOc1ccc(C2C(S(=O)(=O)c3ccccc3)=C(O)C(=O)N2Cc2ccc(OC)cc2)cc1. The monoisotopic (exact) mass is 479 g/mol. The van der Waals surface area contributed by atoms with Crippen molar-refractivity contribution < 1.29 is 27.8 Å². The Balaban J connectivity index is 1.80. The molecule has 0 aromatic heterocycles. The van der Waals surface area contributed by atoms with Gasteiger partial charge in [0.05, 0.1) is 24.7 Å². The molecule has 0 fully saturated rings. The lowest BCUT2D eigenvalue weighted by molar-refractivity contribution is -0.130. The lowest BCUT2D eigenvalue weighted by Gasteiger charge is -2.27. The summed E-state index contributed by atoms with van der Waals surface area (Å²) in [4.78, 5) is 14.2. The van der Waals surface area contributed by atoms with Crippen LogP contribution >= 0.6 is 0 Å². The third-order valence-electron chi connectivity index (χ3n) is 5.62. The Morgan fingerprint density at radius 3 is 2.12 bits per heavy atom. The van der Waals surface area contributed by atoms with Crippen molar-refractivity contribution in [3.05, 3.63) is 101 Å². The number of carbonyl (C=O) groups is 1. The predicted octanol–water partition coefficient (Wildman–Crippen LogP) is 4.42. The van der Waals surface area contributed by atoms with E-state index in [0.717, 1.165) is 5.56 Å². The quantitative estimate of drug-likeness (QED) is 0.514. The fraction of sp³-hybridized carbons (Fsp3) is 0.192. The van der Waals surface area contributed by atoms with Gasteiger partial charge in [-0.25, -0.2) is 8.42 Å². The van der Waals surface area contributed by atoms with Gasteiger partial charge in [0.25, 0.3) is 5.91 Å². The van der Waals surface area contributed by atoms with Crippen molar-refractivity contribution in [2.45, 2.75) is 24.4 Å². The number of hydrogen-bond donors (Lipinski definition) is 1. The van der Waals surface area contributed by atoms with Gasteiger partial charge >= 0.3 is 0 Å². The minimum Gasteiger partial charge on any atom is -0.502 e. The number of aliphatic hydroxyl groups is 1. The van der Waals surface area contributed by atoms with E-state index in [0.29, 0.717) is 23.7 Å². The van der Waals surface area contributed by atoms with Crippen LogP contribution in [0.2, 0.25) is 0 Å². The van der Waals surface area contributed by atoms with Gasteiger partial charge in [0.1, 0.15) is 16.4 Å². The summed E-state index contributed by atoms with van der Waals surface area (Å²) in [5.74, 6) is -0.230. The molecule has 1 heterocycles. The van der Waals surface area contributed by atoms with E-state index in [4.69, 9.17) is 9.47 Å². The van der Waals surface area contributed by atoms with Crippen molar-refractivity contribution >= 4 is 15.7 Å². The van der Waals surface area contributed by atoms with E-state index in [1.165, 1.54) is 17.0 Å². The zero-order chi connectivity index (χ0) is 24.3. The predicted molar refractivity (Wildman–Crippen MR) is 127 cm³/mol. The van der Waals surface area contributed by atoms with Crippen LogP contribution in [-0.2, 0) is 21.2 Å². The average molecular weight is 480 g/mol. The van der Waals surface area contributed by atoms with Crippen LogP contribution < -0.4 is 9.47 Å². The molecule has 1 amide bonds. The van der Waals surface area contributed by atoms with Crippen molar-refractivity contribution in [2.75, 3.05) is 13.7 Å². The average Bonchev–Trinajstić information content (AvgIpc) is 3.11. The van der Waals surface area contributed by atoms with Crippen LogP contribution in [0.3, 0.4) is 0 Å². The third-order valence-corrected chi connectivity index (χ3v) is 7.51. The Hall–Kier alpha value is -3.78. The molecule has 176 valence electrons. The standard InChI is InChI=1S/C26H25NO6S/c1-3-33-21-15-11-19(12-16-21)23-25(34(30,31)22-7-5-4-6-8-22)24(28)26(29)27(23)17-18-9-13-20(32-2)14-10-18/h4-16,23,28H,3,17H2,1-2H3. The van der Waals surface area contributed by atoms with E-state index in [2.05, 4.69) is 0 Å².